The maximum atomic E-state index is 12.0. The minimum atomic E-state index is -0.621. The maximum Gasteiger partial charge on any atom is 0.322 e. The smallest absolute Gasteiger partial charge is 0.322 e. The average Bonchev–Trinajstić information content (AvgIpc) is 2.71. The molecule has 1 heterocycles. The van der Waals surface area contributed by atoms with Crippen LogP contribution in [-0.4, -0.2) is 30.2 Å². The standard InChI is InChI=1S/C25H47NO4/c1-4-6-8-10-11-12-13-14-15-17-21(29-24(27)20(3)26)19-23-22(25(28)30-23)18-16-9-7-5-2/h20-23H,4-19,26H2,1-3H3/t20?,21-,22-,23-/m0/s1. The Labute approximate surface area is 184 Å². The molecule has 0 aliphatic carbocycles. The van der Waals surface area contributed by atoms with E-state index in [-0.39, 0.29) is 30.1 Å². The van der Waals surface area contributed by atoms with E-state index in [1.165, 1.54) is 57.8 Å². The lowest BCUT2D eigenvalue weighted by atomic mass is 9.86. The maximum absolute atomic E-state index is 12.0. The second-order valence-electron chi connectivity index (χ2n) is 9.13. The van der Waals surface area contributed by atoms with E-state index in [9.17, 15) is 9.59 Å². The van der Waals surface area contributed by atoms with Crippen molar-refractivity contribution >= 4 is 11.9 Å². The number of hydrogen-bond acceptors (Lipinski definition) is 5. The molecule has 0 aromatic rings. The Kier molecular flexibility index (Phi) is 14.9. The van der Waals surface area contributed by atoms with Crippen molar-refractivity contribution < 1.29 is 19.1 Å². The average molecular weight is 426 g/mol. The van der Waals surface area contributed by atoms with Crippen molar-refractivity contribution in [3.05, 3.63) is 0 Å². The van der Waals surface area contributed by atoms with Crippen LogP contribution in [0.3, 0.4) is 0 Å². The van der Waals surface area contributed by atoms with Crippen LogP contribution in [0.2, 0.25) is 0 Å². The number of carbonyl (C=O) groups excluding carboxylic acids is 2. The van der Waals surface area contributed by atoms with Gasteiger partial charge in [0, 0.05) is 6.42 Å². The van der Waals surface area contributed by atoms with Crippen molar-refractivity contribution in [2.24, 2.45) is 11.7 Å². The van der Waals surface area contributed by atoms with E-state index in [0.29, 0.717) is 6.42 Å². The summed E-state index contributed by atoms with van der Waals surface area (Å²) in [6.07, 6.45) is 18.0. The third-order valence-electron chi connectivity index (χ3n) is 6.17. The fourth-order valence-electron chi connectivity index (χ4n) is 4.14. The highest BCUT2D eigenvalue weighted by atomic mass is 16.6. The van der Waals surface area contributed by atoms with Gasteiger partial charge in [-0.05, 0) is 26.2 Å². The molecule has 0 amide bonds. The molecule has 4 atom stereocenters. The van der Waals surface area contributed by atoms with Gasteiger partial charge in [0.25, 0.3) is 0 Å². The largest absolute Gasteiger partial charge is 0.461 e. The lowest BCUT2D eigenvalue weighted by Gasteiger charge is -2.37. The first-order chi connectivity index (χ1) is 14.5. The van der Waals surface area contributed by atoms with Crippen molar-refractivity contribution in [1.82, 2.24) is 0 Å². The second kappa shape index (κ2) is 16.6. The molecule has 30 heavy (non-hydrogen) atoms. The number of esters is 2. The van der Waals surface area contributed by atoms with Gasteiger partial charge in [-0.3, -0.25) is 9.59 Å². The summed E-state index contributed by atoms with van der Waals surface area (Å²) in [5.74, 6) is -0.473. The first kappa shape index (κ1) is 26.9. The molecule has 0 bridgehead atoms. The van der Waals surface area contributed by atoms with E-state index < -0.39 is 6.04 Å². The van der Waals surface area contributed by atoms with Gasteiger partial charge < -0.3 is 15.2 Å². The molecule has 1 unspecified atom stereocenters. The van der Waals surface area contributed by atoms with E-state index in [0.717, 1.165) is 38.5 Å². The zero-order valence-corrected chi connectivity index (χ0v) is 19.8. The second-order valence-corrected chi connectivity index (χ2v) is 9.13. The topological polar surface area (TPSA) is 78.6 Å². The van der Waals surface area contributed by atoms with Gasteiger partial charge in [-0.1, -0.05) is 90.9 Å². The summed E-state index contributed by atoms with van der Waals surface area (Å²) in [4.78, 5) is 23.9. The molecule has 1 aliphatic heterocycles. The lowest BCUT2D eigenvalue weighted by molar-refractivity contribution is -0.190. The van der Waals surface area contributed by atoms with Gasteiger partial charge in [0.15, 0.2) is 0 Å². The number of hydrogen-bond donors (Lipinski definition) is 1. The Balaban J connectivity index is 2.35. The first-order valence-electron chi connectivity index (χ1n) is 12.7. The van der Waals surface area contributed by atoms with E-state index in [1.807, 2.05) is 0 Å². The highest BCUT2D eigenvalue weighted by Gasteiger charge is 2.43. The molecule has 0 radical (unpaired) electrons. The summed E-state index contributed by atoms with van der Waals surface area (Å²) in [5.41, 5.74) is 5.69. The molecule has 1 aliphatic rings. The molecule has 0 aromatic heterocycles. The van der Waals surface area contributed by atoms with Crippen molar-refractivity contribution in [3.8, 4) is 0 Å². The van der Waals surface area contributed by atoms with Crippen LogP contribution >= 0.6 is 0 Å². The van der Waals surface area contributed by atoms with Gasteiger partial charge in [0.2, 0.25) is 0 Å². The van der Waals surface area contributed by atoms with Crippen LogP contribution in [0.5, 0.6) is 0 Å². The quantitative estimate of drug-likeness (QED) is 0.201. The van der Waals surface area contributed by atoms with Crippen LogP contribution in [0.15, 0.2) is 0 Å². The van der Waals surface area contributed by atoms with E-state index >= 15 is 0 Å². The normalized spacial score (nSPS) is 20.3. The van der Waals surface area contributed by atoms with Gasteiger partial charge in [-0.15, -0.1) is 0 Å². The number of nitrogens with two attached hydrogens (primary N) is 1. The van der Waals surface area contributed by atoms with Gasteiger partial charge in [0.1, 0.15) is 18.2 Å². The summed E-state index contributed by atoms with van der Waals surface area (Å²) in [5, 5.41) is 0. The molecule has 5 nitrogen and oxygen atoms in total. The van der Waals surface area contributed by atoms with Crippen LogP contribution in [-0.2, 0) is 19.1 Å². The van der Waals surface area contributed by atoms with Crippen molar-refractivity contribution in [1.29, 1.82) is 0 Å². The van der Waals surface area contributed by atoms with Crippen molar-refractivity contribution in [2.45, 2.75) is 142 Å². The molecule has 5 heteroatoms. The molecule has 0 saturated carbocycles. The number of unbranched alkanes of at least 4 members (excludes halogenated alkanes) is 11. The summed E-state index contributed by atoms with van der Waals surface area (Å²) in [7, 11) is 0. The Morgan fingerprint density at radius 1 is 0.933 bits per heavy atom. The minimum absolute atomic E-state index is 0.0264. The van der Waals surface area contributed by atoms with Gasteiger partial charge in [0.05, 0.1) is 5.92 Å². The monoisotopic (exact) mass is 425 g/mol. The molecule has 1 rings (SSSR count). The van der Waals surface area contributed by atoms with Crippen LogP contribution in [0, 0.1) is 5.92 Å². The SMILES string of the molecule is CCCCCCCCCCC[C@@H](C[C@@H]1OC(=O)[C@H]1CCCCCC)OC(=O)C(C)N. The highest BCUT2D eigenvalue weighted by Crippen LogP contribution is 2.32. The van der Waals surface area contributed by atoms with E-state index in [4.69, 9.17) is 15.2 Å². The van der Waals surface area contributed by atoms with Crippen molar-refractivity contribution in [2.75, 3.05) is 0 Å². The van der Waals surface area contributed by atoms with Crippen LogP contribution in [0.1, 0.15) is 124 Å². The molecule has 2 N–H and O–H groups in total. The first-order valence-corrected chi connectivity index (χ1v) is 12.7. The Hall–Kier alpha value is -1.10. The number of carbonyl (C=O) groups is 2. The lowest BCUT2D eigenvalue weighted by Crippen LogP contribution is -2.47. The predicted octanol–water partition coefficient (Wildman–Crippen LogP) is 6.07. The van der Waals surface area contributed by atoms with E-state index in [1.54, 1.807) is 6.92 Å². The van der Waals surface area contributed by atoms with Crippen LogP contribution < -0.4 is 5.73 Å². The van der Waals surface area contributed by atoms with Crippen molar-refractivity contribution in [3.63, 3.8) is 0 Å². The summed E-state index contributed by atoms with van der Waals surface area (Å²) < 4.78 is 11.1. The van der Waals surface area contributed by atoms with Gasteiger partial charge in [-0.25, -0.2) is 0 Å². The summed E-state index contributed by atoms with van der Waals surface area (Å²) >= 11 is 0. The zero-order valence-electron chi connectivity index (χ0n) is 19.8. The van der Waals surface area contributed by atoms with E-state index in [2.05, 4.69) is 13.8 Å². The summed E-state index contributed by atoms with van der Waals surface area (Å²) in [6.45, 7) is 6.08. The summed E-state index contributed by atoms with van der Waals surface area (Å²) in [6, 6.07) is -0.621. The molecular formula is C25H47NO4. The molecule has 1 fully saturated rings. The van der Waals surface area contributed by atoms with Gasteiger partial charge in [-0.2, -0.15) is 0 Å². The number of rotatable bonds is 19. The Morgan fingerprint density at radius 2 is 1.47 bits per heavy atom. The minimum Gasteiger partial charge on any atom is -0.461 e. The fraction of sp³-hybridized carbons (Fsp3) is 0.920. The molecule has 176 valence electrons. The Morgan fingerprint density at radius 3 is 2.00 bits per heavy atom. The zero-order chi connectivity index (χ0) is 22.2. The fourth-order valence-corrected chi connectivity index (χ4v) is 4.14. The van der Waals surface area contributed by atoms with Crippen LogP contribution in [0.25, 0.3) is 0 Å². The Bertz CT molecular complexity index is 466. The molecule has 1 saturated heterocycles. The van der Waals surface area contributed by atoms with Gasteiger partial charge >= 0.3 is 11.9 Å². The predicted molar refractivity (Wildman–Crippen MR) is 122 cm³/mol. The number of cyclic esters (lactones) is 1. The molecule has 0 spiro atoms. The third kappa shape index (κ3) is 11.3. The molecule has 0 aromatic carbocycles. The molecular weight excluding hydrogens is 378 g/mol. The van der Waals surface area contributed by atoms with Crippen LogP contribution in [0.4, 0.5) is 0 Å². The highest BCUT2D eigenvalue weighted by molar-refractivity contribution is 5.78. The number of ether oxygens (including phenoxy) is 2. The third-order valence-corrected chi connectivity index (χ3v) is 6.17.